The van der Waals surface area contributed by atoms with E-state index in [9.17, 15) is 14.7 Å². The first-order chi connectivity index (χ1) is 9.17. The second-order valence-corrected chi connectivity index (χ2v) is 3.65. The zero-order valence-electron chi connectivity index (χ0n) is 10.5. The Hall–Kier alpha value is -2.62. The summed E-state index contributed by atoms with van der Waals surface area (Å²) < 4.78 is 0. The summed E-state index contributed by atoms with van der Waals surface area (Å²) in [7, 11) is 0. The van der Waals surface area contributed by atoms with Crippen molar-refractivity contribution in [3.63, 3.8) is 0 Å². The highest BCUT2D eigenvalue weighted by molar-refractivity contribution is 6.00. The van der Waals surface area contributed by atoms with E-state index < -0.39 is 0 Å². The first-order valence-corrected chi connectivity index (χ1v) is 5.72. The van der Waals surface area contributed by atoms with Crippen molar-refractivity contribution in [1.82, 2.24) is 0 Å². The molecule has 0 atom stereocenters. The molecule has 4 heteroatoms. The summed E-state index contributed by atoms with van der Waals surface area (Å²) in [4.78, 5) is 22.2. The van der Waals surface area contributed by atoms with Crippen molar-refractivity contribution in [3.05, 3.63) is 60.2 Å². The number of carbonyl (C=O) groups excluding carboxylic acids is 2. The maximum absolute atomic E-state index is 11.5. The van der Waals surface area contributed by atoms with E-state index in [0.29, 0.717) is 12.0 Å². The molecule has 2 N–H and O–H groups in total. The minimum absolute atomic E-state index is 0.113. The van der Waals surface area contributed by atoms with Gasteiger partial charge in [-0.15, -0.1) is 0 Å². The number of benzene rings is 1. The van der Waals surface area contributed by atoms with E-state index in [1.54, 1.807) is 18.2 Å². The van der Waals surface area contributed by atoms with Crippen LogP contribution in [0.3, 0.4) is 0 Å². The fourth-order valence-corrected chi connectivity index (χ4v) is 1.29. The summed E-state index contributed by atoms with van der Waals surface area (Å²) in [5.74, 6) is -0.425. The van der Waals surface area contributed by atoms with E-state index in [4.69, 9.17) is 0 Å². The summed E-state index contributed by atoms with van der Waals surface area (Å²) in [6, 6.07) is 4.28. The highest BCUT2D eigenvalue weighted by Gasteiger charge is 2.03. The lowest BCUT2D eigenvalue weighted by molar-refractivity contribution is -0.111. The monoisotopic (exact) mass is 257 g/mol. The summed E-state index contributed by atoms with van der Waals surface area (Å²) in [5.41, 5.74) is 0.585. The van der Waals surface area contributed by atoms with Gasteiger partial charge in [-0.3, -0.25) is 9.59 Å². The van der Waals surface area contributed by atoms with E-state index in [0.717, 1.165) is 0 Å². The van der Waals surface area contributed by atoms with Crippen LogP contribution in [0.2, 0.25) is 0 Å². The van der Waals surface area contributed by atoms with E-state index in [2.05, 4.69) is 5.32 Å². The lowest BCUT2D eigenvalue weighted by Gasteiger charge is -2.03. The minimum Gasteiger partial charge on any atom is -0.507 e. The molecule has 19 heavy (non-hydrogen) atoms. The number of phenols is 1. The summed E-state index contributed by atoms with van der Waals surface area (Å²) in [6.07, 6.45) is 10.8. The number of rotatable bonds is 5. The Kier molecular flexibility index (Phi) is 5.82. The van der Waals surface area contributed by atoms with E-state index >= 15 is 0 Å². The van der Waals surface area contributed by atoms with Crippen molar-refractivity contribution < 1.29 is 14.7 Å². The van der Waals surface area contributed by atoms with Gasteiger partial charge in [-0.25, -0.2) is 0 Å². The molecule has 0 radical (unpaired) electrons. The van der Waals surface area contributed by atoms with Crippen LogP contribution in [0.15, 0.2) is 54.7 Å². The Morgan fingerprint density at radius 2 is 1.95 bits per heavy atom. The molecule has 0 aliphatic rings. The van der Waals surface area contributed by atoms with E-state index in [1.165, 1.54) is 24.3 Å². The van der Waals surface area contributed by atoms with Gasteiger partial charge >= 0.3 is 0 Å². The highest BCUT2D eigenvalue weighted by atomic mass is 16.3. The Labute approximate surface area is 111 Å². The lowest BCUT2D eigenvalue weighted by atomic mass is 10.2. The second-order valence-electron chi connectivity index (χ2n) is 3.65. The predicted octanol–water partition coefficient (Wildman–Crippen LogP) is 2.83. The van der Waals surface area contributed by atoms with Gasteiger partial charge in [0, 0.05) is 11.8 Å². The number of hydrogen-bond donors (Lipinski definition) is 2. The van der Waals surface area contributed by atoms with Crippen LogP contribution in [-0.2, 0) is 4.79 Å². The molecular weight excluding hydrogens is 242 g/mol. The number of phenolic OH excluding ortho intramolecular Hbond substituents is 1. The van der Waals surface area contributed by atoms with Crippen LogP contribution in [0.4, 0.5) is 5.69 Å². The smallest absolute Gasteiger partial charge is 0.248 e. The van der Waals surface area contributed by atoms with Crippen molar-refractivity contribution in [2.75, 3.05) is 5.32 Å². The Morgan fingerprint density at radius 1 is 1.21 bits per heavy atom. The molecule has 0 bridgehead atoms. The molecule has 0 heterocycles. The molecule has 4 nitrogen and oxygen atoms in total. The number of amides is 1. The molecule has 0 spiro atoms. The topological polar surface area (TPSA) is 66.4 Å². The zero-order valence-corrected chi connectivity index (χ0v) is 10.5. The maximum Gasteiger partial charge on any atom is 0.248 e. The molecule has 0 aliphatic heterocycles. The van der Waals surface area contributed by atoms with Crippen LogP contribution >= 0.6 is 0 Å². The average Bonchev–Trinajstić information content (AvgIpc) is 2.40. The largest absolute Gasteiger partial charge is 0.507 e. The van der Waals surface area contributed by atoms with Crippen molar-refractivity contribution in [2.24, 2.45) is 0 Å². The molecule has 1 aromatic rings. The van der Waals surface area contributed by atoms with Crippen LogP contribution in [0, 0.1) is 0 Å². The van der Waals surface area contributed by atoms with Crippen LogP contribution in [-0.4, -0.2) is 17.3 Å². The van der Waals surface area contributed by atoms with Crippen molar-refractivity contribution in [1.29, 1.82) is 0 Å². The normalized spacial score (nSPS) is 11.4. The third kappa shape index (κ3) is 5.04. The van der Waals surface area contributed by atoms with Gasteiger partial charge in [-0.05, 0) is 25.1 Å². The second kappa shape index (κ2) is 7.66. The third-order valence-corrected chi connectivity index (χ3v) is 2.20. The van der Waals surface area contributed by atoms with Gasteiger partial charge in [0.2, 0.25) is 5.91 Å². The Bertz CT molecular complexity index is 542. The maximum atomic E-state index is 11.5. The van der Waals surface area contributed by atoms with Gasteiger partial charge in [-0.2, -0.15) is 0 Å². The SMILES string of the molecule is C\C=C/C=C\C=C\C(=O)Nc1ccc(O)c(C=O)c1. The number of allylic oxidation sites excluding steroid dienone is 5. The van der Waals surface area contributed by atoms with Crippen LogP contribution < -0.4 is 5.32 Å². The van der Waals surface area contributed by atoms with Crippen molar-refractivity contribution in [3.8, 4) is 5.75 Å². The number of carbonyl (C=O) groups is 2. The molecule has 1 amide bonds. The standard InChI is InChI=1S/C15H15NO3/c1-2-3-4-5-6-7-15(19)16-13-8-9-14(18)12(10-13)11-17/h2-11,18H,1H3,(H,16,19)/b3-2-,5-4-,7-6+. The zero-order chi connectivity index (χ0) is 14.1. The average molecular weight is 257 g/mol. The van der Waals surface area contributed by atoms with E-state index in [-0.39, 0.29) is 17.2 Å². The highest BCUT2D eigenvalue weighted by Crippen LogP contribution is 2.19. The molecule has 1 rings (SSSR count). The third-order valence-electron chi connectivity index (χ3n) is 2.20. The molecule has 0 aliphatic carbocycles. The first kappa shape index (κ1) is 14.4. The van der Waals surface area contributed by atoms with Gasteiger partial charge in [0.15, 0.2) is 6.29 Å². The lowest BCUT2D eigenvalue weighted by Crippen LogP contribution is -2.07. The first-order valence-electron chi connectivity index (χ1n) is 5.72. The van der Waals surface area contributed by atoms with Crippen LogP contribution in [0.25, 0.3) is 0 Å². The molecule has 98 valence electrons. The number of nitrogens with one attached hydrogen (secondary N) is 1. The minimum atomic E-state index is -0.312. The van der Waals surface area contributed by atoms with Crippen LogP contribution in [0.1, 0.15) is 17.3 Å². The Balaban J connectivity index is 2.64. The van der Waals surface area contributed by atoms with Gasteiger partial charge in [0.05, 0.1) is 5.56 Å². The molecule has 0 fully saturated rings. The number of aldehydes is 1. The predicted molar refractivity (Wildman–Crippen MR) is 75.2 cm³/mol. The quantitative estimate of drug-likeness (QED) is 0.369. The number of aromatic hydroxyl groups is 1. The molecule has 0 unspecified atom stereocenters. The number of anilines is 1. The van der Waals surface area contributed by atoms with Gasteiger partial charge < -0.3 is 10.4 Å². The molecular formula is C15H15NO3. The number of hydrogen-bond acceptors (Lipinski definition) is 3. The fraction of sp³-hybridized carbons (Fsp3) is 0.0667. The molecule has 0 saturated carbocycles. The van der Waals surface area contributed by atoms with Gasteiger partial charge in [0.25, 0.3) is 0 Å². The summed E-state index contributed by atoms with van der Waals surface area (Å²) >= 11 is 0. The van der Waals surface area contributed by atoms with Crippen molar-refractivity contribution in [2.45, 2.75) is 6.92 Å². The van der Waals surface area contributed by atoms with Crippen LogP contribution in [0.5, 0.6) is 5.75 Å². The molecule has 0 saturated heterocycles. The summed E-state index contributed by atoms with van der Waals surface area (Å²) in [6.45, 7) is 1.90. The van der Waals surface area contributed by atoms with Gasteiger partial charge in [0.1, 0.15) is 5.75 Å². The van der Waals surface area contributed by atoms with E-state index in [1.807, 2.05) is 19.1 Å². The fourth-order valence-electron chi connectivity index (χ4n) is 1.29. The van der Waals surface area contributed by atoms with Crippen molar-refractivity contribution >= 4 is 17.9 Å². The molecule has 1 aromatic carbocycles. The molecule has 0 aromatic heterocycles. The van der Waals surface area contributed by atoms with Gasteiger partial charge in [-0.1, -0.05) is 30.4 Å². The Morgan fingerprint density at radius 3 is 2.63 bits per heavy atom. The summed E-state index contributed by atoms with van der Waals surface area (Å²) in [5, 5.41) is 11.9.